The largest absolute Gasteiger partial charge is 0.497 e. The zero-order valence-corrected chi connectivity index (χ0v) is 18.1. The summed E-state index contributed by atoms with van der Waals surface area (Å²) >= 11 is 0. The molecule has 1 aromatic rings. The van der Waals surface area contributed by atoms with Crippen LogP contribution in [0.2, 0.25) is 0 Å². The van der Waals surface area contributed by atoms with Gasteiger partial charge in [0.25, 0.3) is 5.70 Å². The molecule has 12 nitrogen and oxygen atoms in total. The van der Waals surface area contributed by atoms with Crippen LogP contribution in [0.4, 0.5) is 0 Å². The number of allylic oxidation sites excluding steroid dienone is 1. The summed E-state index contributed by atoms with van der Waals surface area (Å²) in [6, 6.07) is 5.26. The van der Waals surface area contributed by atoms with Crippen LogP contribution in [-0.4, -0.2) is 45.4 Å². The molecule has 1 aliphatic carbocycles. The van der Waals surface area contributed by atoms with Gasteiger partial charge in [-0.25, -0.2) is 10.0 Å². The number of ether oxygens (including phenoxy) is 1. The van der Waals surface area contributed by atoms with E-state index in [1.165, 1.54) is 7.11 Å². The lowest BCUT2D eigenvalue weighted by Gasteiger charge is -2.38. The zero-order chi connectivity index (χ0) is 24.1. The number of nitrogens with zero attached hydrogens (tertiary/aromatic N) is 4. The van der Waals surface area contributed by atoms with Crippen LogP contribution in [0.5, 0.6) is 5.75 Å². The Kier molecular flexibility index (Phi) is 5.23. The van der Waals surface area contributed by atoms with Crippen LogP contribution < -0.4 is 10.2 Å². The van der Waals surface area contributed by atoms with Gasteiger partial charge in [0.15, 0.2) is 11.9 Å². The fourth-order valence-corrected chi connectivity index (χ4v) is 4.41. The maximum Gasteiger partial charge on any atom is 0.319 e. The number of benzene rings is 1. The van der Waals surface area contributed by atoms with Crippen molar-refractivity contribution in [2.45, 2.75) is 32.7 Å². The molecule has 172 valence electrons. The highest BCUT2D eigenvalue weighted by molar-refractivity contribution is 6.06. The highest BCUT2D eigenvalue weighted by Crippen LogP contribution is 2.41. The van der Waals surface area contributed by atoms with E-state index in [1.807, 2.05) is 0 Å². The fourth-order valence-electron chi connectivity index (χ4n) is 4.41. The first-order chi connectivity index (χ1) is 15.5. The predicted octanol–water partition coefficient (Wildman–Crippen LogP) is 1.82. The molecule has 0 amide bonds. The summed E-state index contributed by atoms with van der Waals surface area (Å²) in [6.07, 6.45) is 0.914. The number of methoxy groups -OCH3 is 1. The van der Waals surface area contributed by atoms with E-state index < -0.39 is 50.2 Å². The fraction of sp³-hybridized carbons (Fsp3) is 0.381. The van der Waals surface area contributed by atoms with Gasteiger partial charge in [-0.2, -0.15) is 0 Å². The van der Waals surface area contributed by atoms with Crippen LogP contribution in [-0.2, 0) is 9.59 Å². The highest BCUT2D eigenvalue weighted by atomic mass is 16.6. The first kappa shape index (κ1) is 22.1. The minimum atomic E-state index is -1.38. The van der Waals surface area contributed by atoms with Gasteiger partial charge in [0.05, 0.1) is 23.0 Å². The van der Waals surface area contributed by atoms with E-state index in [1.54, 1.807) is 38.1 Å². The van der Waals surface area contributed by atoms with Crippen LogP contribution in [0, 0.1) is 31.6 Å². The standard InChI is InChI=1S/C21H21N5O7/c1-21(2)9-15(27)17(16(28)10-21)18-13(25(29)30)8-14(26(31)32)20-22-19(23-24(18)20)11-4-6-12(33-3)7-5-11/h4-8,17-18H,9-10H2,1-3H3,(H,22,23). The third kappa shape index (κ3) is 3.83. The van der Waals surface area contributed by atoms with Crippen molar-refractivity contribution < 1.29 is 24.2 Å². The summed E-state index contributed by atoms with van der Waals surface area (Å²) in [7, 11) is 1.50. The quantitative estimate of drug-likeness (QED) is 0.397. The van der Waals surface area contributed by atoms with Crippen molar-refractivity contribution in [3.05, 3.63) is 73.3 Å². The number of amidine groups is 1. The van der Waals surface area contributed by atoms with Crippen molar-refractivity contribution in [1.82, 2.24) is 10.4 Å². The number of ketones is 2. The van der Waals surface area contributed by atoms with Crippen molar-refractivity contribution in [3.8, 4) is 5.75 Å². The lowest BCUT2D eigenvalue weighted by Crippen LogP contribution is -2.56. The van der Waals surface area contributed by atoms with Crippen molar-refractivity contribution >= 4 is 17.4 Å². The first-order valence-electron chi connectivity index (χ1n) is 10.1. The second-order valence-electron chi connectivity index (χ2n) is 8.84. The molecule has 1 N–H and O–H groups in total. The van der Waals surface area contributed by atoms with E-state index in [9.17, 15) is 29.8 Å². The number of nitrogens with one attached hydrogen (secondary N) is 1. The lowest BCUT2D eigenvalue weighted by atomic mass is 9.68. The van der Waals surface area contributed by atoms with Gasteiger partial charge in [0, 0.05) is 18.4 Å². The van der Waals surface area contributed by atoms with Gasteiger partial charge in [-0.15, -0.1) is 0 Å². The number of hydrazine groups is 1. The second-order valence-corrected chi connectivity index (χ2v) is 8.84. The molecule has 2 aliphatic heterocycles. The molecule has 1 aromatic carbocycles. The predicted molar refractivity (Wildman–Crippen MR) is 114 cm³/mol. The summed E-state index contributed by atoms with van der Waals surface area (Å²) in [6.45, 7) is 3.55. The zero-order valence-electron chi connectivity index (χ0n) is 18.1. The van der Waals surface area contributed by atoms with Crippen LogP contribution in [0.3, 0.4) is 0 Å². The topological polar surface area (TPSA) is 157 Å². The van der Waals surface area contributed by atoms with E-state index in [0.717, 1.165) is 11.1 Å². The van der Waals surface area contributed by atoms with Crippen molar-refractivity contribution in [3.63, 3.8) is 0 Å². The Bertz CT molecular complexity index is 1150. The molecule has 1 unspecified atom stereocenters. The number of rotatable bonds is 5. The maximum atomic E-state index is 13.0. The Morgan fingerprint density at radius 3 is 2.21 bits per heavy atom. The third-order valence-corrected chi connectivity index (χ3v) is 5.85. The monoisotopic (exact) mass is 455 g/mol. The molecule has 3 aliphatic rings. The van der Waals surface area contributed by atoms with Crippen molar-refractivity contribution in [1.29, 1.82) is 0 Å². The average Bonchev–Trinajstić information content (AvgIpc) is 3.17. The Labute approximate surface area is 187 Å². The number of Topliss-reactive ketones (excluding diaryl/α,β-unsaturated/α-hetero) is 2. The van der Waals surface area contributed by atoms with Gasteiger partial charge in [-0.3, -0.25) is 35.2 Å². The molecule has 4 rings (SSSR count). The molecule has 12 heteroatoms. The molecule has 0 spiro atoms. The second kappa shape index (κ2) is 7.80. The van der Waals surface area contributed by atoms with Gasteiger partial charge in [0.2, 0.25) is 5.82 Å². The van der Waals surface area contributed by atoms with Crippen molar-refractivity contribution in [2.75, 3.05) is 7.11 Å². The SMILES string of the molecule is COc1ccc(C2=NC3=C([N+](=O)[O-])C=C([N+](=O)[O-])C(C4C(=O)CC(C)(C)CC4=O)N3N2)cc1. The number of fused-ring (bicyclic) bond motifs is 1. The number of carbonyl (C=O) groups excluding carboxylic acids is 2. The van der Waals surface area contributed by atoms with Gasteiger partial charge < -0.3 is 4.74 Å². The molecule has 1 fully saturated rings. The Hall–Kier alpha value is -4.09. The minimum Gasteiger partial charge on any atom is -0.497 e. The summed E-state index contributed by atoms with van der Waals surface area (Å²) in [5, 5.41) is 24.7. The number of hydrogen-bond donors (Lipinski definition) is 1. The summed E-state index contributed by atoms with van der Waals surface area (Å²) in [4.78, 5) is 52.3. The molecule has 0 bridgehead atoms. The smallest absolute Gasteiger partial charge is 0.319 e. The number of hydrogen-bond acceptors (Lipinski definition) is 10. The molecule has 0 aromatic heterocycles. The van der Waals surface area contributed by atoms with E-state index >= 15 is 0 Å². The normalized spacial score (nSPS) is 22.4. The molecule has 0 saturated heterocycles. The number of nitro groups is 2. The Morgan fingerprint density at radius 1 is 1.09 bits per heavy atom. The van der Waals surface area contributed by atoms with Gasteiger partial charge in [0.1, 0.15) is 23.2 Å². The van der Waals surface area contributed by atoms with E-state index in [2.05, 4.69) is 10.4 Å². The Balaban J connectivity index is 1.81. The summed E-state index contributed by atoms with van der Waals surface area (Å²) in [5.41, 5.74) is 1.60. The number of aliphatic imine (C=N–C) groups is 1. The van der Waals surface area contributed by atoms with Gasteiger partial charge >= 0.3 is 5.70 Å². The highest BCUT2D eigenvalue weighted by Gasteiger charge is 2.55. The third-order valence-electron chi connectivity index (χ3n) is 5.85. The van der Waals surface area contributed by atoms with E-state index in [-0.39, 0.29) is 24.5 Å². The summed E-state index contributed by atoms with van der Waals surface area (Å²) in [5.74, 6) is -1.68. The van der Waals surface area contributed by atoms with Crippen LogP contribution in [0.25, 0.3) is 0 Å². The van der Waals surface area contributed by atoms with Crippen LogP contribution in [0.15, 0.2) is 52.5 Å². The average molecular weight is 455 g/mol. The minimum absolute atomic E-state index is 0.0616. The maximum absolute atomic E-state index is 13.0. The molecule has 0 radical (unpaired) electrons. The van der Waals surface area contributed by atoms with E-state index in [4.69, 9.17) is 4.74 Å². The first-order valence-corrected chi connectivity index (χ1v) is 10.1. The van der Waals surface area contributed by atoms with Crippen LogP contribution in [0.1, 0.15) is 32.3 Å². The van der Waals surface area contributed by atoms with Crippen molar-refractivity contribution in [2.24, 2.45) is 16.3 Å². The lowest BCUT2D eigenvalue weighted by molar-refractivity contribution is -0.445. The number of carbonyl (C=O) groups is 2. The van der Waals surface area contributed by atoms with Gasteiger partial charge in [-0.1, -0.05) is 13.8 Å². The molecular weight excluding hydrogens is 434 g/mol. The molecule has 33 heavy (non-hydrogen) atoms. The molecule has 1 saturated carbocycles. The molecule has 2 heterocycles. The summed E-state index contributed by atoms with van der Waals surface area (Å²) < 4.78 is 5.12. The van der Waals surface area contributed by atoms with Crippen LogP contribution >= 0.6 is 0 Å². The molecule has 1 atom stereocenters. The van der Waals surface area contributed by atoms with Gasteiger partial charge in [-0.05, 0) is 29.7 Å². The Morgan fingerprint density at radius 2 is 1.70 bits per heavy atom. The van der Waals surface area contributed by atoms with E-state index in [0.29, 0.717) is 11.3 Å². The molecular formula is C21H21N5O7.